The molecule has 24 heavy (non-hydrogen) atoms. The van der Waals surface area contributed by atoms with Gasteiger partial charge in [0.25, 0.3) is 0 Å². The van der Waals surface area contributed by atoms with Crippen molar-refractivity contribution in [2.24, 2.45) is 34.0 Å². The third kappa shape index (κ3) is 1.91. The molecule has 3 saturated carbocycles. The van der Waals surface area contributed by atoms with Gasteiger partial charge in [-0.25, -0.2) is 0 Å². The molecule has 4 rings (SSSR count). The summed E-state index contributed by atoms with van der Waals surface area (Å²) < 4.78 is 11.4. The molecule has 7 atom stereocenters. The summed E-state index contributed by atoms with van der Waals surface area (Å²) in [4.78, 5) is 12.8. The maximum Gasteiger partial charge on any atom is 0.312 e. The van der Waals surface area contributed by atoms with Crippen LogP contribution >= 0.6 is 0 Å². The van der Waals surface area contributed by atoms with Crippen LogP contribution in [0.3, 0.4) is 0 Å². The molecule has 4 fully saturated rings. The lowest BCUT2D eigenvalue weighted by Crippen LogP contribution is -2.62. The monoisotopic (exact) mass is 334 g/mol. The molecular formula is C21H34O3. The standard InChI is InChI=1S/C21H34O3/c1-18(2)9-7-10-19(3)13(18)8-11-20(4)14(19)12-15-21(5,24-15)16(20)17(22)23-6/h13-16H,7-12H2,1-6H3/t13-,14+,15-,16?,19-,20+,21-/m0/s1. The number of ether oxygens (including phenoxy) is 2. The van der Waals surface area contributed by atoms with Gasteiger partial charge >= 0.3 is 5.97 Å². The zero-order valence-electron chi connectivity index (χ0n) is 16.3. The summed E-state index contributed by atoms with van der Waals surface area (Å²) in [5.41, 5.74) is 0.466. The summed E-state index contributed by atoms with van der Waals surface area (Å²) in [6, 6.07) is 0. The number of hydrogen-bond acceptors (Lipinski definition) is 3. The van der Waals surface area contributed by atoms with Crippen molar-refractivity contribution in [1.29, 1.82) is 0 Å². The Morgan fingerprint density at radius 2 is 1.71 bits per heavy atom. The van der Waals surface area contributed by atoms with Gasteiger partial charge in [-0.1, -0.05) is 34.1 Å². The van der Waals surface area contributed by atoms with Crippen molar-refractivity contribution in [3.63, 3.8) is 0 Å². The second kappa shape index (κ2) is 4.78. The average Bonchev–Trinajstić information content (AvgIpc) is 3.14. The Bertz CT molecular complexity index is 569. The van der Waals surface area contributed by atoms with Crippen LogP contribution in [0.5, 0.6) is 0 Å². The van der Waals surface area contributed by atoms with Crippen LogP contribution in [0.2, 0.25) is 0 Å². The maximum atomic E-state index is 12.8. The van der Waals surface area contributed by atoms with Crippen molar-refractivity contribution < 1.29 is 14.3 Å². The number of hydrogen-bond donors (Lipinski definition) is 0. The van der Waals surface area contributed by atoms with Gasteiger partial charge in [0.15, 0.2) is 0 Å². The largest absolute Gasteiger partial charge is 0.469 e. The topological polar surface area (TPSA) is 38.8 Å². The van der Waals surface area contributed by atoms with Crippen LogP contribution in [0, 0.1) is 34.0 Å². The molecule has 0 spiro atoms. The van der Waals surface area contributed by atoms with Crippen LogP contribution in [0.25, 0.3) is 0 Å². The Kier molecular flexibility index (Phi) is 3.36. The molecule has 3 nitrogen and oxygen atoms in total. The van der Waals surface area contributed by atoms with E-state index in [9.17, 15) is 4.79 Å². The zero-order valence-corrected chi connectivity index (χ0v) is 16.3. The zero-order chi connectivity index (χ0) is 17.5. The molecule has 0 amide bonds. The molecule has 1 heterocycles. The molecular weight excluding hydrogens is 300 g/mol. The van der Waals surface area contributed by atoms with E-state index < -0.39 is 0 Å². The van der Waals surface area contributed by atoms with Crippen molar-refractivity contribution >= 4 is 5.97 Å². The van der Waals surface area contributed by atoms with Gasteiger partial charge in [-0.15, -0.1) is 0 Å². The van der Waals surface area contributed by atoms with Crippen molar-refractivity contribution in [2.75, 3.05) is 7.11 Å². The second-order valence-electron chi connectivity index (χ2n) is 10.5. The number of carbonyl (C=O) groups excluding carboxylic acids is 1. The average molecular weight is 335 g/mol. The first-order chi connectivity index (χ1) is 11.1. The minimum Gasteiger partial charge on any atom is -0.469 e. The van der Waals surface area contributed by atoms with Gasteiger partial charge in [0, 0.05) is 0 Å². The first-order valence-electron chi connectivity index (χ1n) is 9.85. The van der Waals surface area contributed by atoms with Crippen molar-refractivity contribution in [3.05, 3.63) is 0 Å². The summed E-state index contributed by atoms with van der Waals surface area (Å²) >= 11 is 0. The van der Waals surface area contributed by atoms with Crippen molar-refractivity contribution in [2.45, 2.75) is 84.8 Å². The predicted octanol–water partition coefficient (Wildman–Crippen LogP) is 4.59. The van der Waals surface area contributed by atoms with E-state index >= 15 is 0 Å². The number of esters is 1. The Morgan fingerprint density at radius 3 is 2.38 bits per heavy atom. The van der Waals surface area contributed by atoms with Gasteiger partial charge in [-0.2, -0.15) is 0 Å². The van der Waals surface area contributed by atoms with E-state index in [1.54, 1.807) is 0 Å². The van der Waals surface area contributed by atoms with Gasteiger partial charge in [0.1, 0.15) is 5.60 Å². The number of carbonyl (C=O) groups is 1. The summed E-state index contributed by atoms with van der Waals surface area (Å²) in [5.74, 6) is 1.16. The van der Waals surface area contributed by atoms with Crippen molar-refractivity contribution in [1.82, 2.24) is 0 Å². The molecule has 3 heteroatoms. The van der Waals surface area contributed by atoms with E-state index in [0.29, 0.717) is 16.7 Å². The highest BCUT2D eigenvalue weighted by molar-refractivity contribution is 5.76. The van der Waals surface area contributed by atoms with Crippen LogP contribution in [-0.2, 0) is 14.3 Å². The third-order valence-corrected chi connectivity index (χ3v) is 8.94. The first-order valence-corrected chi connectivity index (χ1v) is 9.85. The van der Waals surface area contributed by atoms with E-state index in [2.05, 4.69) is 34.6 Å². The maximum absolute atomic E-state index is 12.8. The molecule has 4 aliphatic rings. The highest BCUT2D eigenvalue weighted by Crippen LogP contribution is 2.72. The van der Waals surface area contributed by atoms with E-state index in [1.807, 2.05) is 0 Å². The van der Waals surface area contributed by atoms with Crippen molar-refractivity contribution in [3.8, 4) is 0 Å². The highest BCUT2D eigenvalue weighted by atomic mass is 16.6. The van der Waals surface area contributed by atoms with E-state index in [4.69, 9.17) is 9.47 Å². The number of methoxy groups -OCH3 is 1. The molecule has 0 aromatic carbocycles. The second-order valence-corrected chi connectivity index (χ2v) is 10.5. The minimum absolute atomic E-state index is 0.00745. The van der Waals surface area contributed by atoms with Gasteiger partial charge in [0.2, 0.25) is 0 Å². The lowest BCUT2D eigenvalue weighted by molar-refractivity contribution is -0.184. The van der Waals surface area contributed by atoms with Crippen LogP contribution in [0.4, 0.5) is 0 Å². The van der Waals surface area contributed by atoms with E-state index in [-0.39, 0.29) is 29.0 Å². The van der Waals surface area contributed by atoms with Crippen LogP contribution in [-0.4, -0.2) is 24.8 Å². The molecule has 0 radical (unpaired) electrons. The smallest absolute Gasteiger partial charge is 0.312 e. The number of fused-ring (bicyclic) bond motifs is 4. The van der Waals surface area contributed by atoms with Gasteiger partial charge in [0.05, 0.1) is 19.1 Å². The van der Waals surface area contributed by atoms with Gasteiger partial charge in [-0.3, -0.25) is 4.79 Å². The normalized spacial score (nSPS) is 54.9. The van der Waals surface area contributed by atoms with E-state index in [0.717, 1.165) is 18.8 Å². The van der Waals surface area contributed by atoms with Crippen LogP contribution in [0.1, 0.15) is 73.1 Å². The van der Waals surface area contributed by atoms with E-state index in [1.165, 1.54) is 32.8 Å². The van der Waals surface area contributed by atoms with Gasteiger partial charge in [-0.05, 0) is 67.1 Å². The molecule has 0 N–H and O–H groups in total. The SMILES string of the molecule is COC(=O)C1[C@]2(C)CC[C@H]3C(C)(C)CCC[C@]3(C)[C@H]2C[C@@H]2O[C@]12C. The quantitative estimate of drug-likeness (QED) is 0.520. The Morgan fingerprint density at radius 1 is 1.00 bits per heavy atom. The minimum atomic E-state index is -0.286. The predicted molar refractivity (Wildman–Crippen MR) is 93.5 cm³/mol. The lowest BCUT2D eigenvalue weighted by Gasteiger charge is -2.65. The summed E-state index contributed by atoms with van der Waals surface area (Å²) in [7, 11) is 1.53. The Labute approximate surface area is 146 Å². The first kappa shape index (κ1) is 16.9. The fourth-order valence-electron chi connectivity index (χ4n) is 7.87. The molecule has 0 aromatic rings. The summed E-state index contributed by atoms with van der Waals surface area (Å²) in [6.07, 6.45) is 7.72. The fourth-order valence-corrected chi connectivity index (χ4v) is 7.87. The molecule has 1 saturated heterocycles. The molecule has 3 aliphatic carbocycles. The molecule has 0 aromatic heterocycles. The molecule has 1 unspecified atom stereocenters. The highest BCUT2D eigenvalue weighted by Gasteiger charge is 2.74. The fraction of sp³-hybridized carbons (Fsp3) is 0.952. The Hall–Kier alpha value is -0.570. The third-order valence-electron chi connectivity index (χ3n) is 8.94. The number of rotatable bonds is 1. The van der Waals surface area contributed by atoms with Gasteiger partial charge < -0.3 is 9.47 Å². The Balaban J connectivity index is 1.77. The lowest BCUT2D eigenvalue weighted by atomic mass is 9.39. The summed E-state index contributed by atoms with van der Waals surface area (Å²) in [5, 5.41) is 0. The molecule has 1 aliphatic heterocycles. The number of epoxide rings is 1. The summed E-state index contributed by atoms with van der Waals surface area (Å²) in [6.45, 7) is 12.0. The molecule has 136 valence electrons. The van der Waals surface area contributed by atoms with Crippen LogP contribution in [0.15, 0.2) is 0 Å². The molecule has 0 bridgehead atoms. The van der Waals surface area contributed by atoms with Crippen LogP contribution < -0.4 is 0 Å².